The number of thiazole rings is 1. The molecule has 0 radical (unpaired) electrons. The van der Waals surface area contributed by atoms with Gasteiger partial charge < -0.3 is 5.32 Å². The van der Waals surface area contributed by atoms with Crippen LogP contribution >= 0.6 is 23.7 Å². The molecule has 0 saturated carbocycles. The maximum atomic E-state index is 12.5. The van der Waals surface area contributed by atoms with E-state index >= 15 is 0 Å². The zero-order chi connectivity index (χ0) is 15.0. The van der Waals surface area contributed by atoms with Gasteiger partial charge in [-0.05, 0) is 25.5 Å². The number of halogens is 1. The minimum atomic E-state index is -3.48. The van der Waals surface area contributed by atoms with Gasteiger partial charge in [0, 0.05) is 18.7 Å². The minimum absolute atomic E-state index is 0. The average molecular weight is 364 g/mol. The number of hydrogen-bond acceptors (Lipinski definition) is 7. The summed E-state index contributed by atoms with van der Waals surface area (Å²) in [7, 11) is -3.48. The van der Waals surface area contributed by atoms with Crippen molar-refractivity contribution in [3.8, 4) is 0 Å². The van der Waals surface area contributed by atoms with E-state index in [4.69, 9.17) is 0 Å². The number of nitrogens with zero attached hydrogens (tertiary/aromatic N) is 2. The molecule has 1 aromatic heterocycles. The van der Waals surface area contributed by atoms with Crippen LogP contribution in [0.4, 0.5) is 5.69 Å². The number of nitro benzene ring substituents is 1. The van der Waals surface area contributed by atoms with Crippen LogP contribution in [0.25, 0.3) is 10.2 Å². The quantitative estimate of drug-likeness (QED) is 0.662. The highest BCUT2D eigenvalue weighted by Gasteiger charge is 2.31. The van der Waals surface area contributed by atoms with Gasteiger partial charge in [-0.15, -0.1) is 23.7 Å². The highest BCUT2D eigenvalue weighted by Crippen LogP contribution is 2.31. The van der Waals surface area contributed by atoms with E-state index in [0.717, 1.165) is 24.3 Å². The van der Waals surface area contributed by atoms with Gasteiger partial charge in [0.15, 0.2) is 0 Å². The Bertz CT molecular complexity index is 800. The van der Waals surface area contributed by atoms with Gasteiger partial charge in [0.2, 0.25) is 14.2 Å². The third-order valence-electron chi connectivity index (χ3n) is 3.50. The number of hydrogen-bond donors (Lipinski definition) is 1. The molecule has 1 saturated heterocycles. The molecular weight excluding hydrogens is 350 g/mol. The molecule has 0 aliphatic carbocycles. The largest absolute Gasteiger partial charge is 0.315 e. The first-order valence-corrected chi connectivity index (χ1v) is 8.84. The first-order chi connectivity index (χ1) is 9.98. The summed E-state index contributed by atoms with van der Waals surface area (Å²) in [6, 6.07) is 4.21. The van der Waals surface area contributed by atoms with Crippen molar-refractivity contribution < 1.29 is 13.3 Å². The third kappa shape index (κ3) is 3.07. The highest BCUT2D eigenvalue weighted by atomic mass is 35.5. The number of sulfone groups is 1. The summed E-state index contributed by atoms with van der Waals surface area (Å²) in [6.45, 7) is 1.26. The van der Waals surface area contributed by atoms with Gasteiger partial charge >= 0.3 is 0 Å². The van der Waals surface area contributed by atoms with E-state index in [0.29, 0.717) is 23.2 Å². The molecule has 1 atom stereocenters. The van der Waals surface area contributed by atoms with Crippen molar-refractivity contribution in [2.45, 2.75) is 22.4 Å². The Morgan fingerprint density at radius 1 is 1.41 bits per heavy atom. The molecule has 2 aromatic rings. The Hall–Kier alpha value is -1.29. The van der Waals surface area contributed by atoms with E-state index in [1.54, 1.807) is 6.07 Å². The summed E-state index contributed by atoms with van der Waals surface area (Å²) in [6.07, 6.45) is 1.44. The zero-order valence-electron chi connectivity index (χ0n) is 11.4. The summed E-state index contributed by atoms with van der Waals surface area (Å²) in [5.74, 6) is 0. The molecule has 0 amide bonds. The summed E-state index contributed by atoms with van der Waals surface area (Å²) >= 11 is 1.07. The fourth-order valence-electron chi connectivity index (χ4n) is 2.36. The second-order valence-electron chi connectivity index (χ2n) is 4.90. The lowest BCUT2D eigenvalue weighted by atomic mass is 10.2. The number of nitro groups is 1. The lowest BCUT2D eigenvalue weighted by Gasteiger charge is -2.21. The Balaban J connectivity index is 0.00000176. The second-order valence-corrected chi connectivity index (χ2v) is 8.33. The number of nitrogens with one attached hydrogen (secondary N) is 1. The fraction of sp³-hybridized carbons (Fsp3) is 0.417. The highest BCUT2D eigenvalue weighted by molar-refractivity contribution is 7.94. The fourth-order valence-corrected chi connectivity index (χ4v) is 5.50. The summed E-state index contributed by atoms with van der Waals surface area (Å²) in [4.78, 5) is 14.3. The molecule has 1 aliphatic heterocycles. The Kier molecular flexibility index (Phi) is 5.00. The summed E-state index contributed by atoms with van der Waals surface area (Å²) in [5.41, 5.74) is 0.271. The Morgan fingerprint density at radius 3 is 2.82 bits per heavy atom. The summed E-state index contributed by atoms with van der Waals surface area (Å²) < 4.78 is 25.8. The molecule has 0 spiro atoms. The lowest BCUT2D eigenvalue weighted by Crippen LogP contribution is -2.38. The van der Waals surface area contributed by atoms with Gasteiger partial charge in [-0.2, -0.15) is 0 Å². The van der Waals surface area contributed by atoms with Crippen molar-refractivity contribution in [1.82, 2.24) is 10.3 Å². The number of rotatable bonds is 3. The van der Waals surface area contributed by atoms with Gasteiger partial charge in [-0.1, -0.05) is 0 Å². The van der Waals surface area contributed by atoms with Crippen LogP contribution in [0.3, 0.4) is 0 Å². The SMILES string of the molecule is Cl.O=[N+]([O-])c1ccc2sc(S(=O)(=O)C3CCCNC3)nc2c1. The normalized spacial score (nSPS) is 18.8. The van der Waals surface area contributed by atoms with Gasteiger partial charge in [0.1, 0.15) is 0 Å². The molecule has 1 fully saturated rings. The van der Waals surface area contributed by atoms with Crippen molar-refractivity contribution in [2.75, 3.05) is 13.1 Å². The Labute approximate surface area is 137 Å². The van der Waals surface area contributed by atoms with E-state index in [2.05, 4.69) is 10.3 Å². The van der Waals surface area contributed by atoms with Gasteiger partial charge in [-0.3, -0.25) is 10.1 Å². The van der Waals surface area contributed by atoms with E-state index in [1.165, 1.54) is 12.1 Å². The smallest absolute Gasteiger partial charge is 0.271 e. The average Bonchev–Trinajstić information content (AvgIpc) is 2.91. The molecule has 22 heavy (non-hydrogen) atoms. The number of aromatic nitrogens is 1. The minimum Gasteiger partial charge on any atom is -0.315 e. The first-order valence-electron chi connectivity index (χ1n) is 6.48. The van der Waals surface area contributed by atoms with Crippen molar-refractivity contribution in [3.63, 3.8) is 0 Å². The predicted octanol–water partition coefficient (Wildman–Crippen LogP) is 2.15. The van der Waals surface area contributed by atoms with Crippen LogP contribution in [0.1, 0.15) is 12.8 Å². The maximum absolute atomic E-state index is 12.5. The van der Waals surface area contributed by atoms with Crippen molar-refractivity contribution in [1.29, 1.82) is 0 Å². The van der Waals surface area contributed by atoms with Crippen molar-refractivity contribution in [3.05, 3.63) is 28.3 Å². The van der Waals surface area contributed by atoms with E-state index in [-0.39, 0.29) is 22.4 Å². The monoisotopic (exact) mass is 363 g/mol. The predicted molar refractivity (Wildman–Crippen MR) is 86.6 cm³/mol. The van der Waals surface area contributed by atoms with Crippen LogP contribution in [0.2, 0.25) is 0 Å². The van der Waals surface area contributed by atoms with Gasteiger partial charge in [0.25, 0.3) is 5.69 Å². The summed E-state index contributed by atoms with van der Waals surface area (Å²) in [5, 5.41) is 13.4. The first kappa shape index (κ1) is 17.1. The van der Waals surface area contributed by atoms with Crippen LogP contribution in [0, 0.1) is 10.1 Å². The zero-order valence-corrected chi connectivity index (χ0v) is 13.8. The number of benzene rings is 1. The molecule has 2 heterocycles. The number of fused-ring (bicyclic) bond motifs is 1. The molecule has 0 bridgehead atoms. The molecule has 1 aromatic carbocycles. The van der Waals surface area contributed by atoms with Crippen LogP contribution in [0.15, 0.2) is 22.5 Å². The second kappa shape index (κ2) is 6.45. The molecule has 3 rings (SSSR count). The molecule has 1 aliphatic rings. The topological polar surface area (TPSA) is 102 Å². The van der Waals surface area contributed by atoms with Gasteiger partial charge in [-0.25, -0.2) is 13.4 Å². The van der Waals surface area contributed by atoms with Crippen LogP contribution in [0.5, 0.6) is 0 Å². The van der Waals surface area contributed by atoms with E-state index in [9.17, 15) is 18.5 Å². The molecule has 120 valence electrons. The number of non-ortho nitro benzene ring substituents is 1. The van der Waals surface area contributed by atoms with E-state index < -0.39 is 20.0 Å². The molecule has 1 unspecified atom stereocenters. The van der Waals surface area contributed by atoms with Crippen molar-refractivity contribution in [2.24, 2.45) is 0 Å². The van der Waals surface area contributed by atoms with Crippen LogP contribution in [-0.4, -0.2) is 36.7 Å². The molecule has 1 N–H and O–H groups in total. The maximum Gasteiger partial charge on any atom is 0.271 e. The van der Waals surface area contributed by atoms with Crippen molar-refractivity contribution >= 4 is 49.5 Å². The van der Waals surface area contributed by atoms with Gasteiger partial charge in [0.05, 0.1) is 20.4 Å². The van der Waals surface area contributed by atoms with E-state index in [1.807, 2.05) is 0 Å². The van der Waals surface area contributed by atoms with Crippen LogP contribution in [-0.2, 0) is 9.84 Å². The molecule has 10 heteroatoms. The lowest BCUT2D eigenvalue weighted by molar-refractivity contribution is -0.384. The van der Waals surface area contributed by atoms with Crippen LogP contribution < -0.4 is 5.32 Å². The molecular formula is C12H14ClN3O4S2. The Morgan fingerprint density at radius 2 is 2.18 bits per heavy atom. The standard InChI is InChI=1S/C12H13N3O4S2.ClH/c16-15(17)8-3-4-11-10(6-8)14-12(20-11)21(18,19)9-2-1-5-13-7-9;/h3-4,6,9,13H,1-2,5,7H2;1H. The third-order valence-corrected chi connectivity index (χ3v) is 7.13. The number of piperidine rings is 1. The molecule has 7 nitrogen and oxygen atoms in total.